The van der Waals surface area contributed by atoms with E-state index < -0.39 is 23.9 Å². The Hall–Kier alpha value is -8.26. The van der Waals surface area contributed by atoms with Crippen LogP contribution in [0.3, 0.4) is 0 Å². The van der Waals surface area contributed by atoms with Gasteiger partial charge in [-0.25, -0.2) is 19.2 Å². The molecule has 0 aliphatic rings. The number of hydrogen-bond donors (Lipinski definition) is 0. The molecule has 0 aliphatic heterocycles. The van der Waals surface area contributed by atoms with E-state index in [-0.39, 0.29) is 71.1 Å². The maximum atomic E-state index is 13.1. The smallest absolute Gasteiger partial charge is 0.343 e. The molecular formula is C72H86O14. The van der Waals surface area contributed by atoms with Crippen molar-refractivity contribution < 1.29 is 66.7 Å². The van der Waals surface area contributed by atoms with Crippen molar-refractivity contribution in [3.05, 3.63) is 156 Å². The van der Waals surface area contributed by atoms with Gasteiger partial charge in [-0.3, -0.25) is 9.59 Å². The number of ether oxygens (including phenoxy) is 8. The van der Waals surface area contributed by atoms with Crippen LogP contribution in [-0.2, 0) is 19.1 Å². The maximum Gasteiger partial charge on any atom is 0.343 e. The number of esters is 6. The fourth-order valence-corrected chi connectivity index (χ4v) is 9.75. The fraction of sp³-hybridized carbons (Fsp3) is 0.417. The summed E-state index contributed by atoms with van der Waals surface area (Å²) < 4.78 is 44.7. The molecule has 0 aliphatic carbocycles. The third-order valence-electron chi connectivity index (χ3n) is 14.8. The summed E-state index contributed by atoms with van der Waals surface area (Å²) in [6, 6.07) is 37.6. The van der Waals surface area contributed by atoms with E-state index >= 15 is 0 Å². The van der Waals surface area contributed by atoms with Gasteiger partial charge in [0, 0.05) is 12.8 Å². The van der Waals surface area contributed by atoms with Gasteiger partial charge in [0.2, 0.25) is 0 Å². The second-order valence-corrected chi connectivity index (χ2v) is 21.8. The minimum absolute atomic E-state index is 0.139. The molecule has 0 saturated heterocycles. The first-order chi connectivity index (χ1) is 41.8. The molecule has 86 heavy (non-hydrogen) atoms. The lowest BCUT2D eigenvalue weighted by Crippen LogP contribution is -2.15. The zero-order chi connectivity index (χ0) is 61.5. The summed E-state index contributed by atoms with van der Waals surface area (Å²) in [7, 11) is 2.87. The van der Waals surface area contributed by atoms with E-state index in [9.17, 15) is 28.8 Å². The van der Waals surface area contributed by atoms with Crippen molar-refractivity contribution >= 4 is 35.8 Å². The van der Waals surface area contributed by atoms with Crippen LogP contribution >= 0.6 is 0 Å². The highest BCUT2D eigenvalue weighted by atomic mass is 16.6. The number of methoxy groups -OCH3 is 2. The van der Waals surface area contributed by atoms with Crippen LogP contribution in [-0.4, -0.2) is 62.2 Å². The molecule has 2 unspecified atom stereocenters. The van der Waals surface area contributed by atoms with Crippen LogP contribution < -0.4 is 28.4 Å². The Labute approximate surface area is 508 Å². The molecule has 0 fully saturated rings. The quantitative estimate of drug-likeness (QED) is 0.0204. The predicted octanol–water partition coefficient (Wildman–Crippen LogP) is 17.7. The van der Waals surface area contributed by atoms with Crippen LogP contribution in [0.2, 0.25) is 0 Å². The molecule has 2 atom stereocenters. The minimum atomic E-state index is -0.604. The van der Waals surface area contributed by atoms with Crippen molar-refractivity contribution in [2.45, 2.75) is 181 Å². The highest BCUT2D eigenvalue weighted by Gasteiger charge is 2.20. The summed E-state index contributed by atoms with van der Waals surface area (Å²) in [5.74, 6) is -1.13. The molecule has 14 heteroatoms. The first-order valence-corrected chi connectivity index (χ1v) is 30.8. The van der Waals surface area contributed by atoms with Crippen molar-refractivity contribution in [3.8, 4) is 56.8 Å². The Morgan fingerprint density at radius 2 is 0.628 bits per heavy atom. The molecule has 6 aromatic rings. The van der Waals surface area contributed by atoms with Gasteiger partial charge in [-0.15, -0.1) is 0 Å². The Balaban J connectivity index is 0.815. The largest absolute Gasteiger partial charge is 0.493 e. The first kappa shape index (κ1) is 66.9. The SMILES string of the molecule is CCCCCCCC(C)OC(=O)c1ccc(-c2ccc(OC(=O)c3ccc(OC(=O)CCCCCCCCCCC(=O)Oc4ccc(C(=O)Oc5ccc(-c6ccc(C(=O)OC(C)CCCCCCC)cc6)cc5)cc4OC)c(OC)c3)cc2)cc1. The van der Waals surface area contributed by atoms with E-state index in [0.29, 0.717) is 35.5 Å². The molecule has 14 nitrogen and oxygen atoms in total. The van der Waals surface area contributed by atoms with E-state index in [1.54, 1.807) is 48.5 Å². The molecule has 0 bridgehead atoms. The van der Waals surface area contributed by atoms with E-state index in [0.717, 1.165) is 99.3 Å². The molecule has 0 saturated carbocycles. The van der Waals surface area contributed by atoms with Gasteiger partial charge >= 0.3 is 35.8 Å². The highest BCUT2D eigenvalue weighted by molar-refractivity contribution is 5.94. The molecule has 458 valence electrons. The number of rotatable bonds is 37. The lowest BCUT2D eigenvalue weighted by molar-refractivity contribution is -0.135. The average Bonchev–Trinajstić information content (AvgIpc) is 2.62. The molecule has 6 rings (SSSR count). The molecule has 6 aromatic carbocycles. The van der Waals surface area contributed by atoms with Crippen molar-refractivity contribution in [1.29, 1.82) is 0 Å². The Bertz CT molecular complexity index is 2870. The summed E-state index contributed by atoms with van der Waals surface area (Å²) in [5.41, 5.74) is 4.98. The van der Waals surface area contributed by atoms with Crippen LogP contribution in [0.25, 0.3) is 22.3 Å². The number of hydrogen-bond acceptors (Lipinski definition) is 14. The van der Waals surface area contributed by atoms with Gasteiger partial charge < -0.3 is 37.9 Å². The standard InChI is InChI=1S/C72H86O14/c1-7-9-11-17-21-25-51(3)81-69(75)57-33-29-53(30-34-57)55-37-43-61(44-38-55)83-71(77)59-41-47-63(65(49-59)79-5)85-67(73)27-23-19-15-13-14-16-20-24-28-68(74)86-64-48-42-60(50-66(64)80-6)72(78)84-62-45-39-56(40-46-62)54-31-35-58(36-32-54)70(76)82-52(4)26-22-18-12-10-8-2/h29-52H,7-28H2,1-6H3. The van der Waals surface area contributed by atoms with E-state index in [2.05, 4.69) is 13.8 Å². The van der Waals surface area contributed by atoms with Gasteiger partial charge in [0.15, 0.2) is 23.0 Å². The van der Waals surface area contributed by atoms with Crippen molar-refractivity contribution in [2.24, 2.45) is 0 Å². The Kier molecular flexibility index (Phi) is 28.4. The molecule has 0 aromatic heterocycles. The number of carbonyl (C=O) groups is 6. The van der Waals surface area contributed by atoms with Crippen LogP contribution in [0.4, 0.5) is 0 Å². The second kappa shape index (κ2) is 36.6. The zero-order valence-electron chi connectivity index (χ0n) is 51.1. The van der Waals surface area contributed by atoms with Gasteiger partial charge in [0.1, 0.15) is 11.5 Å². The summed E-state index contributed by atoms with van der Waals surface area (Å²) in [4.78, 5) is 77.2. The van der Waals surface area contributed by atoms with Crippen LogP contribution in [0.5, 0.6) is 34.5 Å². The molecule has 0 amide bonds. The lowest BCUT2D eigenvalue weighted by Gasteiger charge is -2.13. The van der Waals surface area contributed by atoms with Gasteiger partial charge in [-0.2, -0.15) is 0 Å². The third-order valence-corrected chi connectivity index (χ3v) is 14.8. The van der Waals surface area contributed by atoms with Gasteiger partial charge in [-0.05, 0) is 160 Å². The molecule has 0 heterocycles. The van der Waals surface area contributed by atoms with Gasteiger partial charge in [0.25, 0.3) is 0 Å². The summed E-state index contributed by atoms with van der Waals surface area (Å²) in [6.45, 7) is 8.25. The van der Waals surface area contributed by atoms with E-state index in [1.807, 2.05) is 62.4 Å². The monoisotopic (exact) mass is 1170 g/mol. The van der Waals surface area contributed by atoms with Crippen molar-refractivity contribution in [1.82, 2.24) is 0 Å². The van der Waals surface area contributed by atoms with E-state index in [1.165, 1.54) is 89.1 Å². The predicted molar refractivity (Wildman–Crippen MR) is 334 cm³/mol. The molecule has 0 spiro atoms. The van der Waals surface area contributed by atoms with Gasteiger partial charge in [0.05, 0.1) is 48.7 Å². The Morgan fingerprint density at radius 1 is 0.326 bits per heavy atom. The fourth-order valence-electron chi connectivity index (χ4n) is 9.75. The van der Waals surface area contributed by atoms with E-state index in [4.69, 9.17) is 37.9 Å². The molecular weight excluding hydrogens is 1090 g/mol. The van der Waals surface area contributed by atoms with Crippen molar-refractivity contribution in [2.75, 3.05) is 14.2 Å². The first-order valence-electron chi connectivity index (χ1n) is 30.8. The number of benzene rings is 6. The summed E-state index contributed by atoms with van der Waals surface area (Å²) in [5, 5.41) is 0. The van der Waals surface area contributed by atoms with Crippen LogP contribution in [0, 0.1) is 0 Å². The molecule has 0 N–H and O–H groups in total. The lowest BCUT2D eigenvalue weighted by atomic mass is 10.0. The minimum Gasteiger partial charge on any atom is -0.493 e. The topological polar surface area (TPSA) is 176 Å². The maximum absolute atomic E-state index is 13.1. The van der Waals surface area contributed by atoms with Crippen LogP contribution in [0.1, 0.15) is 210 Å². The summed E-state index contributed by atoms with van der Waals surface area (Å²) >= 11 is 0. The van der Waals surface area contributed by atoms with Gasteiger partial charge in [-0.1, -0.05) is 152 Å². The normalized spacial score (nSPS) is 11.7. The third kappa shape index (κ3) is 22.6. The number of unbranched alkanes of at least 4 members (excludes halogenated alkanes) is 15. The number of carbonyl (C=O) groups excluding carboxylic acids is 6. The Morgan fingerprint density at radius 3 is 0.965 bits per heavy atom. The highest BCUT2D eigenvalue weighted by Crippen LogP contribution is 2.32. The van der Waals surface area contributed by atoms with Crippen molar-refractivity contribution in [3.63, 3.8) is 0 Å². The average molecular weight is 1180 g/mol. The van der Waals surface area contributed by atoms with Crippen LogP contribution in [0.15, 0.2) is 133 Å². The summed E-state index contributed by atoms with van der Waals surface area (Å²) in [6.07, 6.45) is 20.5. The zero-order valence-corrected chi connectivity index (χ0v) is 51.1. The second-order valence-electron chi connectivity index (χ2n) is 21.8. The molecule has 0 radical (unpaired) electrons.